The smallest absolute Gasteiger partial charge is 0.262 e. The summed E-state index contributed by atoms with van der Waals surface area (Å²) in [6.07, 6.45) is 3.07. The molecule has 0 bridgehead atoms. The number of hydrogen-bond acceptors (Lipinski definition) is 4. The van der Waals surface area contributed by atoms with Gasteiger partial charge in [-0.15, -0.1) is 0 Å². The molecule has 0 aromatic heterocycles. The summed E-state index contributed by atoms with van der Waals surface area (Å²) in [5, 5.41) is 5.39. The molecule has 0 saturated heterocycles. The van der Waals surface area contributed by atoms with Crippen molar-refractivity contribution in [2.45, 2.75) is 19.4 Å². The quantitative estimate of drug-likeness (QED) is 0.689. The number of ether oxygens (including phenoxy) is 1. The van der Waals surface area contributed by atoms with Crippen LogP contribution in [-0.4, -0.2) is 43.5 Å². The molecular formula is C23H25N3O4. The van der Waals surface area contributed by atoms with E-state index in [-0.39, 0.29) is 30.8 Å². The number of nitrogens with one attached hydrogen (secondary N) is 2. The largest absolute Gasteiger partial charge is 0.477 e. The molecule has 0 radical (unpaired) electrons. The van der Waals surface area contributed by atoms with Crippen LogP contribution < -0.4 is 20.3 Å². The number of para-hydroxylation sites is 2. The average Bonchev–Trinajstić information content (AvgIpc) is 2.79. The Labute approximate surface area is 175 Å². The first-order chi connectivity index (χ1) is 14.6. The lowest BCUT2D eigenvalue weighted by atomic mass is 10.1. The van der Waals surface area contributed by atoms with E-state index in [4.69, 9.17) is 4.74 Å². The summed E-state index contributed by atoms with van der Waals surface area (Å²) < 4.78 is 5.78. The molecule has 2 aromatic carbocycles. The van der Waals surface area contributed by atoms with E-state index >= 15 is 0 Å². The number of amides is 3. The Kier molecular flexibility index (Phi) is 7.21. The SMILES string of the molecule is CCCNC(=O)[C@@H]1CN(C(=O)CNC(=O)/C=C/c2ccccc2)c2ccccc2O1. The van der Waals surface area contributed by atoms with Crippen molar-refractivity contribution in [1.82, 2.24) is 10.6 Å². The van der Waals surface area contributed by atoms with Crippen molar-refractivity contribution in [2.24, 2.45) is 0 Å². The fourth-order valence-electron chi connectivity index (χ4n) is 3.02. The van der Waals surface area contributed by atoms with E-state index < -0.39 is 6.10 Å². The average molecular weight is 407 g/mol. The molecular weight excluding hydrogens is 382 g/mol. The third-order valence-corrected chi connectivity index (χ3v) is 4.56. The summed E-state index contributed by atoms with van der Waals surface area (Å²) in [6, 6.07) is 16.5. The Morgan fingerprint density at radius 1 is 1.07 bits per heavy atom. The highest BCUT2D eigenvalue weighted by atomic mass is 16.5. The predicted molar refractivity (Wildman–Crippen MR) is 115 cm³/mol. The molecule has 1 aliphatic heterocycles. The number of rotatable bonds is 7. The number of nitrogens with zero attached hydrogens (tertiary/aromatic N) is 1. The van der Waals surface area contributed by atoms with Crippen LogP contribution in [0.2, 0.25) is 0 Å². The molecule has 3 amide bonds. The number of fused-ring (bicyclic) bond motifs is 1. The van der Waals surface area contributed by atoms with Gasteiger partial charge in [0.2, 0.25) is 11.8 Å². The third-order valence-electron chi connectivity index (χ3n) is 4.56. The van der Waals surface area contributed by atoms with Crippen LogP contribution in [0.5, 0.6) is 5.75 Å². The maximum Gasteiger partial charge on any atom is 0.262 e. The minimum absolute atomic E-state index is 0.0844. The third kappa shape index (κ3) is 5.47. The molecule has 7 heteroatoms. The minimum Gasteiger partial charge on any atom is -0.477 e. The van der Waals surface area contributed by atoms with Crippen LogP contribution >= 0.6 is 0 Å². The van der Waals surface area contributed by atoms with Crippen LogP contribution in [0.4, 0.5) is 5.69 Å². The maximum absolute atomic E-state index is 12.8. The van der Waals surface area contributed by atoms with Gasteiger partial charge in [-0.05, 0) is 30.2 Å². The van der Waals surface area contributed by atoms with Crippen LogP contribution in [-0.2, 0) is 14.4 Å². The fraction of sp³-hybridized carbons (Fsp3) is 0.261. The number of hydrogen-bond donors (Lipinski definition) is 2. The molecule has 1 aliphatic rings. The van der Waals surface area contributed by atoms with Gasteiger partial charge in [0, 0.05) is 12.6 Å². The number of carbonyl (C=O) groups is 3. The molecule has 156 valence electrons. The Hall–Kier alpha value is -3.61. The highest BCUT2D eigenvalue weighted by Gasteiger charge is 2.33. The fourth-order valence-corrected chi connectivity index (χ4v) is 3.02. The Morgan fingerprint density at radius 3 is 2.57 bits per heavy atom. The normalized spacial score (nSPS) is 15.2. The van der Waals surface area contributed by atoms with Gasteiger partial charge in [0.15, 0.2) is 6.10 Å². The first kappa shape index (κ1) is 21.1. The van der Waals surface area contributed by atoms with Crippen molar-refractivity contribution in [1.29, 1.82) is 0 Å². The molecule has 0 spiro atoms. The van der Waals surface area contributed by atoms with Crippen molar-refractivity contribution in [2.75, 3.05) is 24.5 Å². The topological polar surface area (TPSA) is 87.7 Å². The molecule has 0 aliphatic carbocycles. The summed E-state index contributed by atoms with van der Waals surface area (Å²) in [5.74, 6) is -0.491. The van der Waals surface area contributed by atoms with Gasteiger partial charge in [0.1, 0.15) is 5.75 Å². The monoisotopic (exact) mass is 407 g/mol. The summed E-state index contributed by atoms with van der Waals surface area (Å²) in [7, 11) is 0. The zero-order valence-electron chi connectivity index (χ0n) is 16.8. The van der Waals surface area contributed by atoms with Gasteiger partial charge >= 0.3 is 0 Å². The molecule has 2 aromatic rings. The predicted octanol–water partition coefficient (Wildman–Crippen LogP) is 2.14. The van der Waals surface area contributed by atoms with E-state index in [2.05, 4.69) is 10.6 Å². The minimum atomic E-state index is -0.802. The molecule has 0 unspecified atom stereocenters. The standard InChI is InChI=1S/C23H25N3O4/c1-2-14-24-23(29)20-16-26(18-10-6-7-11-19(18)30-20)22(28)15-25-21(27)13-12-17-8-4-3-5-9-17/h3-13,20H,2,14-16H2,1H3,(H,24,29)(H,25,27)/b13-12+/t20-/m0/s1. The molecule has 1 heterocycles. The Bertz CT molecular complexity index is 927. The molecule has 3 rings (SSSR count). The summed E-state index contributed by atoms with van der Waals surface area (Å²) in [5.41, 5.74) is 1.47. The molecule has 30 heavy (non-hydrogen) atoms. The van der Waals surface area contributed by atoms with Gasteiger partial charge in [-0.3, -0.25) is 14.4 Å². The second-order valence-corrected chi connectivity index (χ2v) is 6.83. The van der Waals surface area contributed by atoms with Gasteiger partial charge < -0.3 is 20.3 Å². The first-order valence-electron chi connectivity index (χ1n) is 9.93. The second kappa shape index (κ2) is 10.2. The lowest BCUT2D eigenvalue weighted by Crippen LogP contribution is -2.52. The second-order valence-electron chi connectivity index (χ2n) is 6.83. The molecule has 2 N–H and O–H groups in total. The van der Waals surface area contributed by atoms with E-state index in [9.17, 15) is 14.4 Å². The van der Waals surface area contributed by atoms with E-state index in [1.165, 1.54) is 11.0 Å². The molecule has 7 nitrogen and oxygen atoms in total. The number of carbonyl (C=O) groups excluding carboxylic acids is 3. The first-order valence-corrected chi connectivity index (χ1v) is 9.93. The van der Waals surface area contributed by atoms with Crippen LogP contribution in [0.15, 0.2) is 60.7 Å². The van der Waals surface area contributed by atoms with Gasteiger partial charge in [-0.25, -0.2) is 0 Å². The van der Waals surface area contributed by atoms with E-state index in [1.54, 1.807) is 30.3 Å². The lowest BCUT2D eigenvalue weighted by Gasteiger charge is -2.34. The highest BCUT2D eigenvalue weighted by Crippen LogP contribution is 2.33. The van der Waals surface area contributed by atoms with Gasteiger partial charge in [0.25, 0.3) is 5.91 Å². The molecule has 0 saturated carbocycles. The van der Waals surface area contributed by atoms with Gasteiger partial charge in [0.05, 0.1) is 18.8 Å². The molecule has 1 atom stereocenters. The number of anilines is 1. The summed E-state index contributed by atoms with van der Waals surface area (Å²) in [4.78, 5) is 38.8. The van der Waals surface area contributed by atoms with E-state index in [1.807, 2.05) is 37.3 Å². The number of benzene rings is 2. The zero-order chi connectivity index (χ0) is 21.3. The van der Waals surface area contributed by atoms with Crippen LogP contribution in [0.1, 0.15) is 18.9 Å². The van der Waals surface area contributed by atoms with Crippen molar-refractivity contribution >= 4 is 29.5 Å². The van der Waals surface area contributed by atoms with Crippen LogP contribution in [0, 0.1) is 0 Å². The van der Waals surface area contributed by atoms with Crippen molar-refractivity contribution in [3.8, 4) is 5.75 Å². The summed E-state index contributed by atoms with van der Waals surface area (Å²) in [6.45, 7) is 2.40. The maximum atomic E-state index is 12.8. The van der Waals surface area contributed by atoms with Gasteiger partial charge in [-0.2, -0.15) is 0 Å². The van der Waals surface area contributed by atoms with Crippen LogP contribution in [0.3, 0.4) is 0 Å². The Balaban J connectivity index is 1.64. The molecule has 0 fully saturated rings. The highest BCUT2D eigenvalue weighted by molar-refractivity contribution is 6.01. The Morgan fingerprint density at radius 2 is 1.80 bits per heavy atom. The van der Waals surface area contributed by atoms with Crippen LogP contribution in [0.25, 0.3) is 6.08 Å². The van der Waals surface area contributed by atoms with Crippen molar-refractivity contribution in [3.05, 3.63) is 66.2 Å². The van der Waals surface area contributed by atoms with E-state index in [0.29, 0.717) is 18.0 Å². The van der Waals surface area contributed by atoms with Crippen molar-refractivity contribution in [3.63, 3.8) is 0 Å². The van der Waals surface area contributed by atoms with E-state index in [0.717, 1.165) is 12.0 Å². The van der Waals surface area contributed by atoms with Gasteiger partial charge in [-0.1, -0.05) is 49.4 Å². The summed E-state index contributed by atoms with van der Waals surface area (Å²) >= 11 is 0. The lowest BCUT2D eigenvalue weighted by molar-refractivity contribution is -0.128. The zero-order valence-corrected chi connectivity index (χ0v) is 16.8. The van der Waals surface area contributed by atoms with Crippen molar-refractivity contribution < 1.29 is 19.1 Å².